The van der Waals surface area contributed by atoms with E-state index in [0.717, 1.165) is 36.0 Å². The molecule has 0 aliphatic heterocycles. The molecule has 0 heterocycles. The van der Waals surface area contributed by atoms with Crippen molar-refractivity contribution in [3.63, 3.8) is 0 Å². The highest BCUT2D eigenvalue weighted by Crippen LogP contribution is 2.35. The fourth-order valence-corrected chi connectivity index (χ4v) is 3.08. The zero-order chi connectivity index (χ0) is 14.9. The van der Waals surface area contributed by atoms with Crippen LogP contribution in [0.1, 0.15) is 52.7 Å². The molecule has 0 aromatic heterocycles. The maximum Gasteiger partial charge on any atom is 0.305 e. The minimum atomic E-state index is -0.859. The Bertz CT molecular complexity index is 536. The Morgan fingerprint density at radius 2 is 1.75 bits per heavy atom. The molecule has 1 aliphatic carbocycles. The third-order valence-corrected chi connectivity index (χ3v) is 4.08. The highest BCUT2D eigenvalue weighted by Gasteiger charge is 2.40. The first kappa shape index (κ1) is 14.6. The van der Waals surface area contributed by atoms with E-state index in [1.165, 1.54) is 0 Å². The zero-order valence-electron chi connectivity index (χ0n) is 12.2. The normalized spacial score (nSPS) is 16.4. The summed E-state index contributed by atoms with van der Waals surface area (Å²) in [6.45, 7) is 5.83. The molecule has 1 aromatic carbocycles. The van der Waals surface area contributed by atoms with Crippen molar-refractivity contribution in [2.45, 2.75) is 52.0 Å². The average molecular weight is 275 g/mol. The second-order valence-corrected chi connectivity index (χ2v) is 5.93. The maximum atomic E-state index is 12.5. The molecule has 0 bridgehead atoms. The quantitative estimate of drug-likeness (QED) is 0.888. The summed E-state index contributed by atoms with van der Waals surface area (Å²) in [5.41, 5.74) is 3.12. The van der Waals surface area contributed by atoms with Crippen LogP contribution in [0.2, 0.25) is 0 Å². The average Bonchev–Trinajstić information content (AvgIpc) is 2.23. The van der Waals surface area contributed by atoms with Gasteiger partial charge in [-0.1, -0.05) is 17.7 Å². The molecular weight excluding hydrogens is 254 g/mol. The molecule has 0 atom stereocenters. The van der Waals surface area contributed by atoms with Gasteiger partial charge >= 0.3 is 5.97 Å². The first-order valence-electron chi connectivity index (χ1n) is 6.95. The summed E-state index contributed by atoms with van der Waals surface area (Å²) in [7, 11) is 0. The van der Waals surface area contributed by atoms with Crippen LogP contribution in [-0.2, 0) is 4.79 Å². The first-order valence-corrected chi connectivity index (χ1v) is 6.95. The SMILES string of the molecule is Cc1cc(C)c(C(=O)NC2(CC(=O)O)CCC2)c(C)c1. The first-order chi connectivity index (χ1) is 9.33. The summed E-state index contributed by atoms with van der Waals surface area (Å²) >= 11 is 0. The Hall–Kier alpha value is -1.84. The number of rotatable bonds is 4. The van der Waals surface area contributed by atoms with Crippen molar-refractivity contribution in [3.8, 4) is 0 Å². The lowest BCUT2D eigenvalue weighted by Gasteiger charge is -2.41. The van der Waals surface area contributed by atoms with E-state index in [1.807, 2.05) is 32.9 Å². The van der Waals surface area contributed by atoms with Crippen molar-refractivity contribution in [1.82, 2.24) is 5.32 Å². The van der Waals surface area contributed by atoms with E-state index in [0.29, 0.717) is 5.56 Å². The summed E-state index contributed by atoms with van der Waals surface area (Å²) in [5.74, 6) is -1.01. The Morgan fingerprint density at radius 3 is 2.15 bits per heavy atom. The van der Waals surface area contributed by atoms with Crippen molar-refractivity contribution in [2.24, 2.45) is 0 Å². The van der Waals surface area contributed by atoms with E-state index in [2.05, 4.69) is 5.32 Å². The van der Waals surface area contributed by atoms with Gasteiger partial charge in [0.05, 0.1) is 12.0 Å². The molecule has 4 nitrogen and oxygen atoms in total. The number of amides is 1. The largest absolute Gasteiger partial charge is 0.481 e. The molecule has 1 saturated carbocycles. The number of carboxylic acid groups (broad SMARTS) is 1. The number of carbonyl (C=O) groups excluding carboxylic acids is 1. The van der Waals surface area contributed by atoms with Gasteiger partial charge in [-0.15, -0.1) is 0 Å². The molecule has 0 radical (unpaired) electrons. The van der Waals surface area contributed by atoms with Crippen LogP contribution in [0.4, 0.5) is 0 Å². The fourth-order valence-electron chi connectivity index (χ4n) is 3.08. The summed E-state index contributed by atoms with van der Waals surface area (Å²) in [4.78, 5) is 23.4. The number of nitrogens with one attached hydrogen (secondary N) is 1. The second-order valence-electron chi connectivity index (χ2n) is 5.93. The van der Waals surface area contributed by atoms with E-state index >= 15 is 0 Å². The predicted molar refractivity (Wildman–Crippen MR) is 77.0 cm³/mol. The van der Waals surface area contributed by atoms with Gasteiger partial charge in [0.1, 0.15) is 0 Å². The lowest BCUT2D eigenvalue weighted by molar-refractivity contribution is -0.139. The van der Waals surface area contributed by atoms with Crippen LogP contribution >= 0.6 is 0 Å². The molecule has 0 saturated heterocycles. The number of aryl methyl sites for hydroxylation is 3. The maximum absolute atomic E-state index is 12.5. The molecule has 0 unspecified atom stereocenters. The highest BCUT2D eigenvalue weighted by molar-refractivity contribution is 5.98. The van der Waals surface area contributed by atoms with Gasteiger partial charge in [0.15, 0.2) is 0 Å². The number of hydrogen-bond donors (Lipinski definition) is 2. The summed E-state index contributed by atoms with van der Waals surface area (Å²) < 4.78 is 0. The van der Waals surface area contributed by atoms with Crippen molar-refractivity contribution < 1.29 is 14.7 Å². The van der Waals surface area contributed by atoms with Gasteiger partial charge in [0, 0.05) is 5.56 Å². The van der Waals surface area contributed by atoms with E-state index in [-0.39, 0.29) is 12.3 Å². The molecule has 1 aliphatic rings. The zero-order valence-corrected chi connectivity index (χ0v) is 12.2. The minimum Gasteiger partial charge on any atom is -0.481 e. The van der Waals surface area contributed by atoms with Gasteiger partial charge in [-0.2, -0.15) is 0 Å². The van der Waals surface area contributed by atoms with Crippen molar-refractivity contribution >= 4 is 11.9 Å². The van der Waals surface area contributed by atoms with Crippen LogP contribution in [0.5, 0.6) is 0 Å². The standard InChI is InChI=1S/C16H21NO3/c1-10-7-11(2)14(12(3)8-10)15(20)17-16(5-4-6-16)9-13(18)19/h7-8H,4-6,9H2,1-3H3,(H,17,20)(H,18,19). The Kier molecular flexibility index (Phi) is 3.84. The summed E-state index contributed by atoms with van der Waals surface area (Å²) in [6, 6.07) is 3.96. The lowest BCUT2D eigenvalue weighted by Crippen LogP contribution is -2.54. The Morgan fingerprint density at radius 1 is 1.20 bits per heavy atom. The van der Waals surface area contributed by atoms with Crippen LogP contribution in [0.25, 0.3) is 0 Å². The predicted octanol–water partition coefficient (Wildman–Crippen LogP) is 2.74. The van der Waals surface area contributed by atoms with Gasteiger partial charge < -0.3 is 10.4 Å². The van der Waals surface area contributed by atoms with Crippen LogP contribution in [-0.4, -0.2) is 22.5 Å². The topological polar surface area (TPSA) is 66.4 Å². The molecule has 2 N–H and O–H groups in total. The van der Waals surface area contributed by atoms with Gasteiger partial charge in [-0.25, -0.2) is 0 Å². The molecule has 108 valence electrons. The Balaban J connectivity index is 2.22. The van der Waals surface area contributed by atoms with E-state index in [1.54, 1.807) is 0 Å². The number of hydrogen-bond acceptors (Lipinski definition) is 2. The van der Waals surface area contributed by atoms with Gasteiger partial charge in [0.2, 0.25) is 0 Å². The number of benzene rings is 1. The Labute approximate surface area is 119 Å². The monoisotopic (exact) mass is 275 g/mol. The van der Waals surface area contributed by atoms with Crippen molar-refractivity contribution in [3.05, 3.63) is 34.4 Å². The molecular formula is C16H21NO3. The highest BCUT2D eigenvalue weighted by atomic mass is 16.4. The summed E-state index contributed by atoms with van der Waals surface area (Å²) in [6.07, 6.45) is 2.46. The molecule has 1 aromatic rings. The lowest BCUT2D eigenvalue weighted by atomic mass is 9.74. The third kappa shape index (κ3) is 2.84. The smallest absolute Gasteiger partial charge is 0.305 e. The van der Waals surface area contributed by atoms with Crippen molar-refractivity contribution in [1.29, 1.82) is 0 Å². The number of carboxylic acids is 1. The second kappa shape index (κ2) is 5.27. The van der Waals surface area contributed by atoms with Gasteiger partial charge in [-0.3, -0.25) is 9.59 Å². The summed E-state index contributed by atoms with van der Waals surface area (Å²) in [5, 5.41) is 12.0. The van der Waals surface area contributed by atoms with Gasteiger partial charge in [0.25, 0.3) is 5.91 Å². The van der Waals surface area contributed by atoms with Crippen LogP contribution in [0.15, 0.2) is 12.1 Å². The van der Waals surface area contributed by atoms with Crippen LogP contribution in [0, 0.1) is 20.8 Å². The van der Waals surface area contributed by atoms with Crippen LogP contribution < -0.4 is 5.32 Å². The number of carbonyl (C=O) groups is 2. The van der Waals surface area contributed by atoms with E-state index in [9.17, 15) is 9.59 Å². The number of aliphatic carboxylic acids is 1. The molecule has 1 amide bonds. The fraction of sp³-hybridized carbons (Fsp3) is 0.500. The molecule has 0 spiro atoms. The molecule has 2 rings (SSSR count). The molecule has 1 fully saturated rings. The molecule has 4 heteroatoms. The molecule has 20 heavy (non-hydrogen) atoms. The van der Waals surface area contributed by atoms with Gasteiger partial charge in [-0.05, 0) is 51.2 Å². The van der Waals surface area contributed by atoms with Crippen molar-refractivity contribution in [2.75, 3.05) is 0 Å². The van der Waals surface area contributed by atoms with E-state index < -0.39 is 11.5 Å². The van der Waals surface area contributed by atoms with Crippen LogP contribution in [0.3, 0.4) is 0 Å². The van der Waals surface area contributed by atoms with E-state index in [4.69, 9.17) is 5.11 Å². The third-order valence-electron chi connectivity index (χ3n) is 4.08. The minimum absolute atomic E-state index is 0.00268.